The largest absolute Gasteiger partial charge is 0.341 e. The van der Waals surface area contributed by atoms with Gasteiger partial charge in [-0.2, -0.15) is 0 Å². The molecule has 1 amide bonds. The van der Waals surface area contributed by atoms with E-state index in [1.54, 1.807) is 4.90 Å². The average molecular weight is 329 g/mol. The van der Waals surface area contributed by atoms with Crippen LogP contribution in [-0.4, -0.2) is 5.91 Å². The van der Waals surface area contributed by atoms with Crippen LogP contribution in [0.3, 0.4) is 0 Å². The van der Waals surface area contributed by atoms with Gasteiger partial charge >= 0.3 is 0 Å². The van der Waals surface area contributed by atoms with E-state index in [-0.39, 0.29) is 5.91 Å². The van der Waals surface area contributed by atoms with Gasteiger partial charge in [0.15, 0.2) is 0 Å². The van der Waals surface area contributed by atoms with Crippen LogP contribution in [0, 0.1) is 0 Å². The summed E-state index contributed by atoms with van der Waals surface area (Å²) in [5, 5.41) is 3.30. The summed E-state index contributed by atoms with van der Waals surface area (Å²) in [6, 6.07) is 15.2. The molecule has 0 aliphatic carbocycles. The fourth-order valence-corrected chi connectivity index (χ4v) is 2.74. The van der Waals surface area contributed by atoms with Crippen molar-refractivity contribution in [1.82, 2.24) is 0 Å². The molecule has 0 spiro atoms. The number of para-hydroxylation sites is 2. The van der Waals surface area contributed by atoms with E-state index in [1.807, 2.05) is 61.5 Å². The first-order chi connectivity index (χ1) is 9.72. The number of hydrogen-bond acceptors (Lipinski definition) is 2. The number of hydrogen-bond donors (Lipinski definition) is 1. The number of carbonyl (C=O) groups is 1. The van der Waals surface area contributed by atoms with Crippen molar-refractivity contribution in [2.45, 2.75) is 6.92 Å². The Hall–Kier alpha value is -2.07. The molecular formula is C16H13BrN2O. The summed E-state index contributed by atoms with van der Waals surface area (Å²) in [5.74, 6) is 0.736. The molecule has 0 radical (unpaired) electrons. The van der Waals surface area contributed by atoms with E-state index in [1.165, 1.54) is 0 Å². The summed E-state index contributed by atoms with van der Waals surface area (Å²) in [4.78, 5) is 14.4. The second kappa shape index (κ2) is 5.13. The molecule has 1 heterocycles. The van der Waals surface area contributed by atoms with E-state index in [9.17, 15) is 4.79 Å². The number of halogens is 1. The highest BCUT2D eigenvalue weighted by Crippen LogP contribution is 2.34. The van der Waals surface area contributed by atoms with Crippen LogP contribution in [0.25, 0.3) is 0 Å². The molecule has 4 heteroatoms. The van der Waals surface area contributed by atoms with Crippen molar-refractivity contribution < 1.29 is 4.79 Å². The molecule has 0 atom stereocenters. The Labute approximate surface area is 126 Å². The van der Waals surface area contributed by atoms with Gasteiger partial charge in [0.25, 0.3) is 5.91 Å². The molecule has 0 saturated carbocycles. The third-order valence-electron chi connectivity index (χ3n) is 3.23. The van der Waals surface area contributed by atoms with E-state index in [2.05, 4.69) is 21.2 Å². The van der Waals surface area contributed by atoms with Gasteiger partial charge in [-0.3, -0.25) is 9.69 Å². The predicted molar refractivity (Wildman–Crippen MR) is 84.8 cm³/mol. The van der Waals surface area contributed by atoms with Gasteiger partial charge in [0, 0.05) is 4.47 Å². The zero-order valence-electron chi connectivity index (χ0n) is 10.9. The van der Waals surface area contributed by atoms with E-state index < -0.39 is 0 Å². The quantitative estimate of drug-likeness (QED) is 0.842. The fourth-order valence-electron chi connectivity index (χ4n) is 2.28. The van der Waals surface area contributed by atoms with Crippen LogP contribution in [0.4, 0.5) is 11.4 Å². The summed E-state index contributed by atoms with van der Waals surface area (Å²) in [6.45, 7) is 1.91. The van der Waals surface area contributed by atoms with E-state index in [0.29, 0.717) is 5.56 Å². The number of fused-ring (bicyclic) bond motifs is 1. The number of benzene rings is 2. The zero-order valence-corrected chi connectivity index (χ0v) is 12.5. The molecule has 0 unspecified atom stereocenters. The second-order valence-electron chi connectivity index (χ2n) is 4.44. The number of allylic oxidation sites excluding steroid dienone is 1. The van der Waals surface area contributed by atoms with Crippen molar-refractivity contribution in [3.63, 3.8) is 0 Å². The van der Waals surface area contributed by atoms with Crippen LogP contribution < -0.4 is 10.2 Å². The fraction of sp³-hybridized carbons (Fsp3) is 0.0625. The minimum Gasteiger partial charge on any atom is -0.341 e. The van der Waals surface area contributed by atoms with E-state index in [0.717, 1.165) is 21.7 Å². The molecule has 20 heavy (non-hydrogen) atoms. The molecule has 1 aliphatic rings. The molecular weight excluding hydrogens is 316 g/mol. The van der Waals surface area contributed by atoms with Crippen molar-refractivity contribution in [2.75, 3.05) is 10.2 Å². The van der Waals surface area contributed by atoms with Crippen LogP contribution in [0.1, 0.15) is 17.3 Å². The molecule has 1 aliphatic heterocycles. The van der Waals surface area contributed by atoms with Crippen LogP contribution in [0.2, 0.25) is 0 Å². The number of nitrogens with zero attached hydrogens (tertiary/aromatic N) is 1. The number of rotatable bonds is 1. The standard InChI is InChI=1S/C16H13BrN2O/c1-2-15-18-13-9-5-3-7-11(13)16(20)19(15)14-10-6-4-8-12(14)17/h2-10,18H,1H3/b15-2+. The van der Waals surface area contributed by atoms with Crippen molar-refractivity contribution in [2.24, 2.45) is 0 Å². The van der Waals surface area contributed by atoms with E-state index in [4.69, 9.17) is 0 Å². The number of anilines is 2. The van der Waals surface area contributed by atoms with Crippen molar-refractivity contribution >= 4 is 33.2 Å². The zero-order chi connectivity index (χ0) is 14.1. The molecule has 1 N–H and O–H groups in total. The highest BCUT2D eigenvalue weighted by atomic mass is 79.9. The molecule has 3 nitrogen and oxygen atoms in total. The Kier molecular flexibility index (Phi) is 3.32. The molecule has 0 aromatic heterocycles. The lowest BCUT2D eigenvalue weighted by atomic mass is 10.1. The van der Waals surface area contributed by atoms with Crippen LogP contribution in [-0.2, 0) is 0 Å². The van der Waals surface area contributed by atoms with E-state index >= 15 is 0 Å². The molecule has 0 bridgehead atoms. The predicted octanol–water partition coefficient (Wildman–Crippen LogP) is 4.38. The maximum atomic E-state index is 12.8. The lowest BCUT2D eigenvalue weighted by Crippen LogP contribution is -2.38. The summed E-state index contributed by atoms with van der Waals surface area (Å²) >= 11 is 3.51. The maximum Gasteiger partial charge on any atom is 0.266 e. The molecule has 0 saturated heterocycles. The van der Waals surface area contributed by atoms with Crippen molar-refractivity contribution in [3.8, 4) is 0 Å². The van der Waals surface area contributed by atoms with Gasteiger partial charge < -0.3 is 5.32 Å². The van der Waals surface area contributed by atoms with Gasteiger partial charge in [0.05, 0.1) is 16.9 Å². The molecule has 3 rings (SSSR count). The SMILES string of the molecule is C/C=C1\Nc2ccccc2C(=O)N1c1ccccc1Br. The highest BCUT2D eigenvalue weighted by Gasteiger charge is 2.29. The Bertz CT molecular complexity index is 709. The first kappa shape index (κ1) is 12.9. The molecule has 100 valence electrons. The molecule has 0 fully saturated rings. The summed E-state index contributed by atoms with van der Waals surface area (Å²) in [7, 11) is 0. The minimum absolute atomic E-state index is 0.0284. The van der Waals surface area contributed by atoms with Gasteiger partial charge in [0.2, 0.25) is 0 Å². The van der Waals surface area contributed by atoms with Gasteiger partial charge in [-0.1, -0.05) is 24.3 Å². The number of carbonyl (C=O) groups excluding carboxylic acids is 1. The summed E-state index contributed by atoms with van der Waals surface area (Å²) in [6.07, 6.45) is 1.90. The third kappa shape index (κ3) is 2.02. The van der Waals surface area contributed by atoms with Gasteiger partial charge in [-0.15, -0.1) is 0 Å². The lowest BCUT2D eigenvalue weighted by molar-refractivity contribution is 0.0993. The van der Waals surface area contributed by atoms with Crippen LogP contribution in [0.5, 0.6) is 0 Å². The molecule has 2 aromatic carbocycles. The van der Waals surface area contributed by atoms with Crippen molar-refractivity contribution in [3.05, 3.63) is 70.5 Å². The number of nitrogens with one attached hydrogen (secondary N) is 1. The maximum absolute atomic E-state index is 12.8. The Balaban J connectivity index is 2.16. The Morgan fingerprint density at radius 1 is 1.10 bits per heavy atom. The third-order valence-corrected chi connectivity index (χ3v) is 3.90. The highest BCUT2D eigenvalue weighted by molar-refractivity contribution is 9.10. The smallest absolute Gasteiger partial charge is 0.266 e. The molecule has 2 aromatic rings. The minimum atomic E-state index is -0.0284. The van der Waals surface area contributed by atoms with Gasteiger partial charge in [-0.25, -0.2) is 0 Å². The van der Waals surface area contributed by atoms with Gasteiger partial charge in [-0.05, 0) is 53.2 Å². The normalized spacial score (nSPS) is 16.0. The Morgan fingerprint density at radius 3 is 2.55 bits per heavy atom. The summed E-state index contributed by atoms with van der Waals surface area (Å²) < 4.78 is 0.883. The van der Waals surface area contributed by atoms with Crippen molar-refractivity contribution in [1.29, 1.82) is 0 Å². The van der Waals surface area contributed by atoms with Gasteiger partial charge in [0.1, 0.15) is 5.82 Å². The monoisotopic (exact) mass is 328 g/mol. The first-order valence-corrected chi connectivity index (χ1v) is 7.13. The summed E-state index contributed by atoms with van der Waals surface area (Å²) in [5.41, 5.74) is 2.34. The van der Waals surface area contributed by atoms with Crippen LogP contribution >= 0.6 is 15.9 Å². The Morgan fingerprint density at radius 2 is 1.80 bits per heavy atom. The first-order valence-electron chi connectivity index (χ1n) is 6.33. The second-order valence-corrected chi connectivity index (χ2v) is 5.29. The van der Waals surface area contributed by atoms with Crippen LogP contribution in [0.15, 0.2) is 64.9 Å². The number of amides is 1. The average Bonchev–Trinajstić information content (AvgIpc) is 2.48. The lowest BCUT2D eigenvalue weighted by Gasteiger charge is -2.32. The topological polar surface area (TPSA) is 32.3 Å².